The summed E-state index contributed by atoms with van der Waals surface area (Å²) in [5.41, 5.74) is 7.16. The number of methoxy groups -OCH3 is 1. The molecule has 0 radical (unpaired) electrons. The Morgan fingerprint density at radius 2 is 2.24 bits per heavy atom. The minimum atomic E-state index is -0.177. The standard InChI is InChI=1S/C16H19N3O2/c1-21-12-5-7-14-11(8-12)4-6-15(19-14)16(20)18-9-13(17)10-2-3-10/h4-8,10,13H,2-3,9,17H2,1H3,(H,18,20). The highest BCUT2D eigenvalue weighted by Crippen LogP contribution is 2.31. The van der Waals surface area contributed by atoms with Crippen LogP contribution in [0.15, 0.2) is 30.3 Å². The van der Waals surface area contributed by atoms with Gasteiger partial charge >= 0.3 is 0 Å². The third kappa shape index (κ3) is 3.13. The maximum absolute atomic E-state index is 12.1. The smallest absolute Gasteiger partial charge is 0.269 e. The Bertz CT molecular complexity index is 668. The van der Waals surface area contributed by atoms with Crippen LogP contribution in [0.3, 0.4) is 0 Å². The number of carbonyl (C=O) groups excluding carboxylic acids is 1. The molecule has 1 aromatic heterocycles. The predicted molar refractivity (Wildman–Crippen MR) is 81.3 cm³/mol. The molecule has 1 aliphatic rings. The van der Waals surface area contributed by atoms with Crippen molar-refractivity contribution in [3.63, 3.8) is 0 Å². The van der Waals surface area contributed by atoms with E-state index < -0.39 is 0 Å². The fraction of sp³-hybridized carbons (Fsp3) is 0.375. The first-order valence-electron chi connectivity index (χ1n) is 7.16. The van der Waals surface area contributed by atoms with Crippen LogP contribution in [0, 0.1) is 5.92 Å². The van der Waals surface area contributed by atoms with Gasteiger partial charge in [-0.25, -0.2) is 4.98 Å². The average molecular weight is 285 g/mol. The van der Waals surface area contributed by atoms with Crippen LogP contribution in [0.5, 0.6) is 5.75 Å². The Balaban J connectivity index is 1.72. The molecule has 3 N–H and O–H groups in total. The SMILES string of the molecule is COc1ccc2nc(C(=O)NCC(N)C3CC3)ccc2c1. The van der Waals surface area contributed by atoms with E-state index in [4.69, 9.17) is 10.5 Å². The van der Waals surface area contributed by atoms with Crippen LogP contribution < -0.4 is 15.8 Å². The molecule has 0 saturated heterocycles. The molecule has 1 aromatic carbocycles. The molecule has 1 unspecified atom stereocenters. The summed E-state index contributed by atoms with van der Waals surface area (Å²) in [6.07, 6.45) is 2.35. The summed E-state index contributed by atoms with van der Waals surface area (Å²) >= 11 is 0. The molecule has 3 rings (SSSR count). The second kappa shape index (κ2) is 5.69. The Morgan fingerprint density at radius 1 is 1.43 bits per heavy atom. The van der Waals surface area contributed by atoms with Crippen LogP contribution in [0.2, 0.25) is 0 Å². The zero-order valence-corrected chi connectivity index (χ0v) is 12.0. The number of hydrogen-bond acceptors (Lipinski definition) is 4. The van der Waals surface area contributed by atoms with Crippen LogP contribution in [0.1, 0.15) is 23.3 Å². The quantitative estimate of drug-likeness (QED) is 0.876. The second-order valence-electron chi connectivity index (χ2n) is 5.47. The van der Waals surface area contributed by atoms with Gasteiger partial charge in [0.1, 0.15) is 11.4 Å². The third-order valence-electron chi connectivity index (χ3n) is 3.85. The number of rotatable bonds is 5. The van der Waals surface area contributed by atoms with Crippen LogP contribution in [0.4, 0.5) is 0 Å². The minimum absolute atomic E-state index is 0.0543. The van der Waals surface area contributed by atoms with E-state index in [1.165, 1.54) is 12.8 Å². The fourth-order valence-corrected chi connectivity index (χ4v) is 2.35. The van der Waals surface area contributed by atoms with E-state index in [1.54, 1.807) is 13.2 Å². The summed E-state index contributed by atoms with van der Waals surface area (Å²) in [6, 6.07) is 9.23. The first-order chi connectivity index (χ1) is 10.2. The molecule has 1 aliphatic carbocycles. The highest BCUT2D eigenvalue weighted by molar-refractivity contribution is 5.95. The first-order valence-corrected chi connectivity index (χ1v) is 7.16. The van der Waals surface area contributed by atoms with Crippen molar-refractivity contribution in [3.8, 4) is 5.75 Å². The Hall–Kier alpha value is -2.14. The van der Waals surface area contributed by atoms with Gasteiger partial charge in [0.2, 0.25) is 0 Å². The Labute approximate surface area is 123 Å². The second-order valence-corrected chi connectivity index (χ2v) is 5.47. The lowest BCUT2D eigenvalue weighted by atomic mass is 10.2. The topological polar surface area (TPSA) is 77.2 Å². The van der Waals surface area contributed by atoms with Crippen molar-refractivity contribution < 1.29 is 9.53 Å². The number of nitrogens with one attached hydrogen (secondary N) is 1. The van der Waals surface area contributed by atoms with Gasteiger partial charge in [0.25, 0.3) is 5.91 Å². The average Bonchev–Trinajstić information content (AvgIpc) is 3.36. The molecule has 1 saturated carbocycles. The number of hydrogen-bond donors (Lipinski definition) is 2. The van der Waals surface area contributed by atoms with Gasteiger partial charge in [-0.1, -0.05) is 6.07 Å². The zero-order chi connectivity index (χ0) is 14.8. The van der Waals surface area contributed by atoms with E-state index in [9.17, 15) is 4.79 Å². The summed E-state index contributed by atoms with van der Waals surface area (Å²) in [7, 11) is 1.62. The number of carbonyl (C=O) groups is 1. The lowest BCUT2D eigenvalue weighted by Gasteiger charge is -2.11. The summed E-state index contributed by atoms with van der Waals surface area (Å²) in [5, 5.41) is 3.80. The molecule has 21 heavy (non-hydrogen) atoms. The van der Waals surface area contributed by atoms with Crippen LogP contribution in [-0.4, -0.2) is 30.6 Å². The van der Waals surface area contributed by atoms with Crippen molar-refractivity contribution >= 4 is 16.8 Å². The van der Waals surface area contributed by atoms with E-state index in [-0.39, 0.29) is 11.9 Å². The maximum atomic E-state index is 12.1. The Kier molecular flexibility index (Phi) is 3.75. The van der Waals surface area contributed by atoms with Gasteiger partial charge < -0.3 is 15.8 Å². The highest BCUT2D eigenvalue weighted by atomic mass is 16.5. The molecule has 2 aromatic rings. The predicted octanol–water partition coefficient (Wildman–Crippen LogP) is 1.71. The highest BCUT2D eigenvalue weighted by Gasteiger charge is 2.28. The molecule has 0 spiro atoms. The molecule has 1 fully saturated rings. The van der Waals surface area contributed by atoms with Crippen molar-refractivity contribution in [2.75, 3.05) is 13.7 Å². The third-order valence-corrected chi connectivity index (χ3v) is 3.85. The van der Waals surface area contributed by atoms with Gasteiger partial charge in [0.15, 0.2) is 0 Å². The number of nitrogens with zero attached hydrogens (tertiary/aromatic N) is 1. The van der Waals surface area contributed by atoms with Crippen molar-refractivity contribution in [3.05, 3.63) is 36.0 Å². The number of fused-ring (bicyclic) bond motifs is 1. The molecule has 5 heteroatoms. The van der Waals surface area contributed by atoms with Gasteiger partial charge in [-0.2, -0.15) is 0 Å². The molecule has 110 valence electrons. The molecular weight excluding hydrogens is 266 g/mol. The van der Waals surface area contributed by atoms with Crippen molar-refractivity contribution in [2.45, 2.75) is 18.9 Å². The minimum Gasteiger partial charge on any atom is -0.497 e. The van der Waals surface area contributed by atoms with E-state index in [0.29, 0.717) is 18.2 Å². The summed E-state index contributed by atoms with van der Waals surface area (Å²) in [6.45, 7) is 0.506. The zero-order valence-electron chi connectivity index (χ0n) is 12.0. The van der Waals surface area contributed by atoms with Crippen LogP contribution >= 0.6 is 0 Å². The van der Waals surface area contributed by atoms with Crippen LogP contribution in [0.25, 0.3) is 10.9 Å². The van der Waals surface area contributed by atoms with Gasteiger partial charge in [-0.15, -0.1) is 0 Å². The summed E-state index contributed by atoms with van der Waals surface area (Å²) in [5.74, 6) is 1.17. The molecule has 5 nitrogen and oxygen atoms in total. The number of pyridine rings is 1. The summed E-state index contributed by atoms with van der Waals surface area (Å²) in [4.78, 5) is 16.5. The summed E-state index contributed by atoms with van der Waals surface area (Å²) < 4.78 is 5.17. The van der Waals surface area contributed by atoms with Gasteiger partial charge in [0, 0.05) is 18.0 Å². The number of ether oxygens (including phenoxy) is 1. The fourth-order valence-electron chi connectivity index (χ4n) is 2.35. The number of benzene rings is 1. The number of aromatic nitrogens is 1. The number of nitrogens with two attached hydrogens (primary N) is 1. The van der Waals surface area contributed by atoms with Crippen molar-refractivity contribution in [1.82, 2.24) is 10.3 Å². The van der Waals surface area contributed by atoms with Crippen molar-refractivity contribution in [2.24, 2.45) is 11.7 Å². The lowest BCUT2D eigenvalue weighted by Crippen LogP contribution is -2.38. The van der Waals surface area contributed by atoms with E-state index in [0.717, 1.165) is 16.7 Å². The van der Waals surface area contributed by atoms with E-state index in [2.05, 4.69) is 10.3 Å². The molecule has 1 atom stereocenters. The van der Waals surface area contributed by atoms with Gasteiger partial charge in [0.05, 0.1) is 12.6 Å². The molecular formula is C16H19N3O2. The van der Waals surface area contributed by atoms with E-state index >= 15 is 0 Å². The largest absolute Gasteiger partial charge is 0.497 e. The molecule has 0 bridgehead atoms. The molecule has 0 aliphatic heterocycles. The lowest BCUT2D eigenvalue weighted by molar-refractivity contribution is 0.0945. The van der Waals surface area contributed by atoms with E-state index in [1.807, 2.05) is 24.3 Å². The van der Waals surface area contributed by atoms with Crippen molar-refractivity contribution in [1.29, 1.82) is 0 Å². The maximum Gasteiger partial charge on any atom is 0.269 e. The Morgan fingerprint density at radius 3 is 2.95 bits per heavy atom. The molecule has 1 heterocycles. The first kappa shape index (κ1) is 13.8. The van der Waals surface area contributed by atoms with Crippen LogP contribution in [-0.2, 0) is 0 Å². The normalized spacial score (nSPS) is 15.7. The molecule has 1 amide bonds. The number of amides is 1. The van der Waals surface area contributed by atoms with Gasteiger partial charge in [-0.3, -0.25) is 4.79 Å². The monoisotopic (exact) mass is 285 g/mol. The van der Waals surface area contributed by atoms with Gasteiger partial charge in [-0.05, 0) is 43.0 Å².